The quantitative estimate of drug-likeness (QED) is 0.270. The van der Waals surface area contributed by atoms with Crippen LogP contribution in [0.4, 0.5) is 34.1 Å². The smallest absolute Gasteiger partial charge is 0.151 e. The summed E-state index contributed by atoms with van der Waals surface area (Å²) in [7, 11) is 0. The minimum Gasteiger partial charge on any atom is -0.453 e. The van der Waals surface area contributed by atoms with Gasteiger partial charge in [-0.15, -0.1) is 0 Å². The van der Waals surface area contributed by atoms with E-state index in [0.29, 0.717) is 0 Å². The van der Waals surface area contributed by atoms with Crippen LogP contribution in [-0.2, 0) is 0 Å². The van der Waals surface area contributed by atoms with Gasteiger partial charge < -0.3 is 20.7 Å². The van der Waals surface area contributed by atoms with Crippen LogP contribution >= 0.6 is 0 Å². The van der Waals surface area contributed by atoms with Gasteiger partial charge in [0, 0.05) is 33.9 Å². The van der Waals surface area contributed by atoms with Crippen LogP contribution in [0.2, 0.25) is 0 Å². The standard InChI is InChI=1S/C30H23N3O/c31-25-14-3-1-12-23(25)24-13-2-4-15-26(24)32-21-10-9-11-22(20-21)33-27-16-5-7-18-29(27)34-30-19-8-6-17-28(30)33/h1-20,32H,31H2. The van der Waals surface area contributed by atoms with E-state index in [4.69, 9.17) is 10.5 Å². The molecule has 4 heteroatoms. The summed E-state index contributed by atoms with van der Waals surface area (Å²) in [6.45, 7) is 0. The molecule has 4 nitrogen and oxygen atoms in total. The molecule has 0 bridgehead atoms. The van der Waals surface area contributed by atoms with Gasteiger partial charge in [0.1, 0.15) is 0 Å². The number of nitrogens with zero attached hydrogens (tertiary/aromatic N) is 1. The molecule has 1 aliphatic rings. The lowest BCUT2D eigenvalue weighted by atomic mass is 10.0. The topological polar surface area (TPSA) is 50.5 Å². The van der Waals surface area contributed by atoms with E-state index in [1.165, 1.54) is 0 Å². The Morgan fingerprint density at radius 2 is 1.21 bits per heavy atom. The lowest BCUT2D eigenvalue weighted by Gasteiger charge is -2.33. The number of hydrogen-bond acceptors (Lipinski definition) is 4. The second-order valence-corrected chi connectivity index (χ2v) is 8.18. The maximum absolute atomic E-state index is 6.28. The van der Waals surface area contributed by atoms with Crippen LogP contribution in [0.1, 0.15) is 0 Å². The summed E-state index contributed by atoms with van der Waals surface area (Å²) in [6, 6.07) is 40.8. The zero-order valence-corrected chi connectivity index (χ0v) is 18.5. The molecule has 0 saturated carbocycles. The van der Waals surface area contributed by atoms with E-state index in [2.05, 4.69) is 58.7 Å². The fourth-order valence-corrected chi connectivity index (χ4v) is 4.43. The molecular weight excluding hydrogens is 418 g/mol. The molecule has 0 unspecified atom stereocenters. The zero-order chi connectivity index (χ0) is 22.9. The summed E-state index contributed by atoms with van der Waals surface area (Å²) in [5.74, 6) is 1.67. The van der Waals surface area contributed by atoms with Gasteiger partial charge in [-0.1, -0.05) is 66.7 Å². The van der Waals surface area contributed by atoms with E-state index >= 15 is 0 Å². The number of nitrogen functional groups attached to an aromatic ring is 1. The third-order valence-corrected chi connectivity index (χ3v) is 5.99. The lowest BCUT2D eigenvalue weighted by molar-refractivity contribution is 0.477. The van der Waals surface area contributed by atoms with Crippen LogP contribution in [0.25, 0.3) is 11.1 Å². The number of fused-ring (bicyclic) bond motifs is 2. The van der Waals surface area contributed by atoms with Gasteiger partial charge in [0.15, 0.2) is 11.5 Å². The molecule has 6 rings (SSSR count). The number of rotatable bonds is 4. The van der Waals surface area contributed by atoms with Crippen LogP contribution in [-0.4, -0.2) is 0 Å². The van der Waals surface area contributed by atoms with Crippen molar-refractivity contribution < 1.29 is 4.74 Å². The van der Waals surface area contributed by atoms with Gasteiger partial charge >= 0.3 is 0 Å². The van der Waals surface area contributed by atoms with Crippen molar-refractivity contribution in [2.24, 2.45) is 0 Å². The molecule has 0 aromatic heterocycles. The van der Waals surface area contributed by atoms with Crippen LogP contribution in [0.5, 0.6) is 11.5 Å². The Bertz CT molecular complexity index is 1450. The third-order valence-electron chi connectivity index (χ3n) is 5.99. The molecule has 5 aromatic rings. The fraction of sp³-hybridized carbons (Fsp3) is 0. The first-order valence-electron chi connectivity index (χ1n) is 11.2. The van der Waals surface area contributed by atoms with E-state index in [1.54, 1.807) is 0 Å². The molecule has 1 heterocycles. The second kappa shape index (κ2) is 8.34. The lowest BCUT2D eigenvalue weighted by Crippen LogP contribution is -2.15. The summed E-state index contributed by atoms with van der Waals surface area (Å²) in [5.41, 5.74) is 14.2. The molecule has 0 spiro atoms. The van der Waals surface area contributed by atoms with Gasteiger partial charge in [-0.2, -0.15) is 0 Å². The summed E-state index contributed by atoms with van der Waals surface area (Å²) < 4.78 is 6.16. The van der Waals surface area contributed by atoms with E-state index in [1.807, 2.05) is 72.8 Å². The molecule has 0 amide bonds. The van der Waals surface area contributed by atoms with Gasteiger partial charge in [0.2, 0.25) is 0 Å². The predicted molar refractivity (Wildman–Crippen MR) is 141 cm³/mol. The maximum Gasteiger partial charge on any atom is 0.151 e. The molecule has 34 heavy (non-hydrogen) atoms. The minimum atomic E-state index is 0.757. The minimum absolute atomic E-state index is 0.757. The highest BCUT2D eigenvalue weighted by Gasteiger charge is 2.25. The third kappa shape index (κ3) is 3.51. The van der Waals surface area contributed by atoms with Crippen LogP contribution in [0.3, 0.4) is 0 Å². The second-order valence-electron chi connectivity index (χ2n) is 8.18. The molecule has 1 aliphatic heterocycles. The highest BCUT2D eigenvalue weighted by atomic mass is 16.5. The predicted octanol–water partition coefficient (Wildman–Crippen LogP) is 8.25. The average Bonchev–Trinajstić information content (AvgIpc) is 2.88. The van der Waals surface area contributed by atoms with Gasteiger partial charge in [-0.3, -0.25) is 0 Å². The number of para-hydroxylation sites is 6. The largest absolute Gasteiger partial charge is 0.453 e. The van der Waals surface area contributed by atoms with Gasteiger partial charge in [-0.05, 0) is 54.6 Å². The van der Waals surface area contributed by atoms with Gasteiger partial charge in [0.05, 0.1) is 11.4 Å². The molecule has 0 atom stereocenters. The Labute approximate surface area is 198 Å². The summed E-state index contributed by atoms with van der Waals surface area (Å²) in [4.78, 5) is 2.24. The van der Waals surface area contributed by atoms with Crippen molar-refractivity contribution in [2.45, 2.75) is 0 Å². The number of benzene rings is 5. The summed E-state index contributed by atoms with van der Waals surface area (Å²) >= 11 is 0. The van der Waals surface area contributed by atoms with E-state index in [-0.39, 0.29) is 0 Å². The molecule has 3 N–H and O–H groups in total. The van der Waals surface area contributed by atoms with Crippen molar-refractivity contribution in [3.8, 4) is 22.6 Å². The first-order valence-corrected chi connectivity index (χ1v) is 11.2. The Hall–Kier alpha value is -4.70. The van der Waals surface area contributed by atoms with Crippen molar-refractivity contribution in [1.29, 1.82) is 0 Å². The van der Waals surface area contributed by atoms with Gasteiger partial charge in [-0.25, -0.2) is 0 Å². The number of ether oxygens (including phenoxy) is 1. The molecule has 0 saturated heterocycles. The highest BCUT2D eigenvalue weighted by molar-refractivity contribution is 5.89. The van der Waals surface area contributed by atoms with Crippen LogP contribution < -0.4 is 20.7 Å². The molecule has 0 fully saturated rings. The van der Waals surface area contributed by atoms with E-state index < -0.39 is 0 Å². The maximum atomic E-state index is 6.28. The van der Waals surface area contributed by atoms with Crippen molar-refractivity contribution in [3.63, 3.8) is 0 Å². The van der Waals surface area contributed by atoms with Crippen molar-refractivity contribution in [2.75, 3.05) is 16.0 Å². The SMILES string of the molecule is Nc1ccccc1-c1ccccc1Nc1cccc(N2c3ccccc3Oc3ccccc32)c1. The Kier molecular flexibility index (Phi) is 4.89. The molecule has 0 aliphatic carbocycles. The van der Waals surface area contributed by atoms with Crippen LogP contribution in [0.15, 0.2) is 121 Å². The molecule has 164 valence electrons. The monoisotopic (exact) mass is 441 g/mol. The summed E-state index contributed by atoms with van der Waals surface area (Å²) in [6.07, 6.45) is 0. The first kappa shape index (κ1) is 19.9. The molecule has 0 radical (unpaired) electrons. The van der Waals surface area contributed by atoms with E-state index in [9.17, 15) is 0 Å². The fourth-order valence-electron chi connectivity index (χ4n) is 4.43. The average molecular weight is 442 g/mol. The van der Waals surface area contributed by atoms with Crippen molar-refractivity contribution >= 4 is 34.1 Å². The Balaban J connectivity index is 1.41. The zero-order valence-electron chi connectivity index (χ0n) is 18.5. The Morgan fingerprint density at radius 3 is 1.94 bits per heavy atom. The highest BCUT2D eigenvalue weighted by Crippen LogP contribution is 2.50. The number of anilines is 6. The van der Waals surface area contributed by atoms with Crippen molar-refractivity contribution in [1.82, 2.24) is 0 Å². The Morgan fingerprint density at radius 1 is 0.588 bits per heavy atom. The van der Waals surface area contributed by atoms with Crippen LogP contribution in [0, 0.1) is 0 Å². The first-order chi connectivity index (χ1) is 16.8. The van der Waals surface area contributed by atoms with Gasteiger partial charge in [0.25, 0.3) is 0 Å². The van der Waals surface area contributed by atoms with E-state index in [0.717, 1.165) is 56.8 Å². The van der Waals surface area contributed by atoms with Crippen molar-refractivity contribution in [3.05, 3.63) is 121 Å². The number of nitrogens with two attached hydrogens (primary N) is 1. The number of hydrogen-bond donors (Lipinski definition) is 2. The molecule has 5 aromatic carbocycles. The summed E-state index contributed by atoms with van der Waals surface area (Å²) in [5, 5.41) is 3.61. The molecular formula is C30H23N3O. The normalized spacial score (nSPS) is 11.8. The number of nitrogens with one attached hydrogen (secondary N) is 1.